The number of nitrogens with one attached hydrogen (secondary N) is 3. The van der Waals surface area contributed by atoms with E-state index < -0.39 is 0 Å². The molecule has 0 aliphatic carbocycles. The van der Waals surface area contributed by atoms with E-state index in [4.69, 9.17) is 9.47 Å². The molecule has 0 heterocycles. The second-order valence-electron chi connectivity index (χ2n) is 5.40. The van der Waals surface area contributed by atoms with Gasteiger partial charge >= 0.3 is 0 Å². The molecule has 0 saturated heterocycles. The van der Waals surface area contributed by atoms with E-state index in [1.54, 1.807) is 34.4 Å². The number of aliphatic imine (C=N–C) groups is 1. The van der Waals surface area contributed by atoms with Crippen LogP contribution < -0.4 is 25.4 Å². The summed E-state index contributed by atoms with van der Waals surface area (Å²) in [5, 5.41) is 9.04. The van der Waals surface area contributed by atoms with Gasteiger partial charge in [0.05, 0.1) is 14.2 Å². The smallest absolute Gasteiger partial charge is 0.251 e. The van der Waals surface area contributed by atoms with Gasteiger partial charge in [0.15, 0.2) is 17.5 Å². The molecule has 2 aromatic carbocycles. The van der Waals surface area contributed by atoms with Gasteiger partial charge in [0.25, 0.3) is 5.91 Å². The van der Waals surface area contributed by atoms with E-state index in [-0.39, 0.29) is 5.91 Å². The Morgan fingerprint density at radius 3 is 2.50 bits per heavy atom. The number of anilines is 1. The van der Waals surface area contributed by atoms with Gasteiger partial charge in [-0.1, -0.05) is 12.1 Å². The number of amides is 1. The van der Waals surface area contributed by atoms with Crippen molar-refractivity contribution in [2.45, 2.75) is 6.54 Å². The molecule has 138 valence electrons. The largest absolute Gasteiger partial charge is 0.493 e. The molecule has 3 N–H and O–H groups in total. The van der Waals surface area contributed by atoms with Crippen molar-refractivity contribution in [3.8, 4) is 11.5 Å². The van der Waals surface area contributed by atoms with Crippen LogP contribution in [0.3, 0.4) is 0 Å². The summed E-state index contributed by atoms with van der Waals surface area (Å²) in [7, 11) is 6.49. The zero-order valence-electron chi connectivity index (χ0n) is 15.4. The molecule has 0 saturated carbocycles. The minimum atomic E-state index is -0.111. The molecule has 0 aliphatic rings. The molecule has 0 aromatic heterocycles. The molecule has 2 rings (SSSR count). The second-order valence-corrected chi connectivity index (χ2v) is 5.40. The summed E-state index contributed by atoms with van der Waals surface area (Å²) in [6.45, 7) is 0.526. The standard InChI is InChI=1S/C19H24N4O3/c1-20-18(24)14-7-5-6-13(10-14)12-22-19(21-2)23-15-8-9-16(25-3)17(11-15)26-4/h5-11H,12H2,1-4H3,(H,20,24)(H2,21,22,23). The Morgan fingerprint density at radius 2 is 1.85 bits per heavy atom. The van der Waals surface area contributed by atoms with E-state index in [1.165, 1.54) is 0 Å². The number of carbonyl (C=O) groups is 1. The number of guanidine groups is 1. The van der Waals surface area contributed by atoms with Gasteiger partial charge in [0, 0.05) is 38.0 Å². The summed E-state index contributed by atoms with van der Waals surface area (Å²) in [4.78, 5) is 15.9. The monoisotopic (exact) mass is 356 g/mol. The third-order valence-corrected chi connectivity index (χ3v) is 3.75. The summed E-state index contributed by atoms with van der Waals surface area (Å²) < 4.78 is 10.5. The molecule has 0 unspecified atom stereocenters. The van der Waals surface area contributed by atoms with E-state index in [2.05, 4.69) is 20.9 Å². The fraction of sp³-hybridized carbons (Fsp3) is 0.263. The maximum absolute atomic E-state index is 11.7. The first-order valence-corrected chi connectivity index (χ1v) is 8.12. The maximum atomic E-state index is 11.7. The lowest BCUT2D eigenvalue weighted by Crippen LogP contribution is -2.30. The number of carbonyl (C=O) groups excluding carboxylic acids is 1. The molecule has 0 fully saturated rings. The Labute approximate surface area is 153 Å². The summed E-state index contributed by atoms with van der Waals surface area (Å²) >= 11 is 0. The van der Waals surface area contributed by atoms with Crippen LogP contribution in [0, 0.1) is 0 Å². The van der Waals surface area contributed by atoms with Crippen LogP contribution in [0.2, 0.25) is 0 Å². The molecule has 0 bridgehead atoms. The van der Waals surface area contributed by atoms with Gasteiger partial charge in [0.1, 0.15) is 0 Å². The van der Waals surface area contributed by atoms with Crippen LogP contribution in [0.4, 0.5) is 5.69 Å². The lowest BCUT2D eigenvalue weighted by molar-refractivity contribution is 0.0963. The molecule has 0 atom stereocenters. The van der Waals surface area contributed by atoms with Gasteiger partial charge in [-0.05, 0) is 29.8 Å². The van der Waals surface area contributed by atoms with Crippen molar-refractivity contribution in [3.05, 3.63) is 53.6 Å². The summed E-state index contributed by atoms with van der Waals surface area (Å²) in [6, 6.07) is 12.9. The minimum absolute atomic E-state index is 0.111. The molecule has 2 aromatic rings. The Balaban J connectivity index is 2.03. The van der Waals surface area contributed by atoms with Crippen molar-refractivity contribution in [2.75, 3.05) is 33.6 Å². The summed E-state index contributed by atoms with van der Waals surface area (Å²) in [6.07, 6.45) is 0. The molecular formula is C19H24N4O3. The lowest BCUT2D eigenvalue weighted by Gasteiger charge is -2.14. The molecule has 7 heteroatoms. The quantitative estimate of drug-likeness (QED) is 0.546. The zero-order chi connectivity index (χ0) is 18.9. The normalized spacial score (nSPS) is 10.8. The maximum Gasteiger partial charge on any atom is 0.251 e. The lowest BCUT2D eigenvalue weighted by atomic mass is 10.1. The minimum Gasteiger partial charge on any atom is -0.493 e. The Bertz CT molecular complexity index is 790. The van der Waals surface area contributed by atoms with E-state index in [9.17, 15) is 4.79 Å². The molecule has 0 spiro atoms. The molecule has 7 nitrogen and oxygen atoms in total. The summed E-state index contributed by atoms with van der Waals surface area (Å²) in [5.41, 5.74) is 2.41. The fourth-order valence-electron chi connectivity index (χ4n) is 2.38. The van der Waals surface area contributed by atoms with Crippen LogP contribution in [0.25, 0.3) is 0 Å². The number of rotatable bonds is 6. The van der Waals surface area contributed by atoms with E-state index in [1.807, 2.05) is 36.4 Å². The zero-order valence-corrected chi connectivity index (χ0v) is 15.4. The van der Waals surface area contributed by atoms with Crippen molar-refractivity contribution in [3.63, 3.8) is 0 Å². The van der Waals surface area contributed by atoms with Crippen molar-refractivity contribution in [1.82, 2.24) is 10.6 Å². The highest BCUT2D eigenvalue weighted by atomic mass is 16.5. The summed E-state index contributed by atoms with van der Waals surface area (Å²) in [5.74, 6) is 1.78. The fourth-order valence-corrected chi connectivity index (χ4v) is 2.38. The predicted molar refractivity (Wildman–Crippen MR) is 103 cm³/mol. The number of hydrogen-bond donors (Lipinski definition) is 3. The van der Waals surface area contributed by atoms with Crippen LogP contribution in [0.5, 0.6) is 11.5 Å². The number of ether oxygens (including phenoxy) is 2. The number of benzene rings is 2. The van der Waals surface area contributed by atoms with Crippen LogP contribution in [-0.2, 0) is 6.54 Å². The van der Waals surface area contributed by atoms with Crippen LogP contribution in [0.1, 0.15) is 15.9 Å². The first-order valence-electron chi connectivity index (χ1n) is 8.12. The van der Waals surface area contributed by atoms with Crippen molar-refractivity contribution >= 4 is 17.6 Å². The van der Waals surface area contributed by atoms with Gasteiger partial charge in [-0.3, -0.25) is 9.79 Å². The SMILES string of the molecule is CN=C(NCc1cccc(C(=O)NC)c1)Nc1ccc(OC)c(OC)c1. The van der Waals surface area contributed by atoms with Crippen LogP contribution in [0.15, 0.2) is 47.5 Å². The van der Waals surface area contributed by atoms with Crippen LogP contribution >= 0.6 is 0 Å². The van der Waals surface area contributed by atoms with Gasteiger partial charge in [-0.25, -0.2) is 0 Å². The Hall–Kier alpha value is -3.22. The number of hydrogen-bond acceptors (Lipinski definition) is 4. The van der Waals surface area contributed by atoms with E-state index in [0.29, 0.717) is 29.6 Å². The van der Waals surface area contributed by atoms with Crippen molar-refractivity contribution in [2.24, 2.45) is 4.99 Å². The molecule has 0 radical (unpaired) electrons. The third-order valence-electron chi connectivity index (χ3n) is 3.75. The highest BCUT2D eigenvalue weighted by molar-refractivity contribution is 5.95. The third kappa shape index (κ3) is 4.89. The highest BCUT2D eigenvalue weighted by Crippen LogP contribution is 2.29. The molecule has 0 aliphatic heterocycles. The average Bonchev–Trinajstić information content (AvgIpc) is 2.70. The predicted octanol–water partition coefficient (Wildman–Crippen LogP) is 2.25. The Kier molecular flexibility index (Phi) is 6.84. The van der Waals surface area contributed by atoms with Gasteiger partial charge < -0.3 is 25.4 Å². The molecule has 1 amide bonds. The first-order chi connectivity index (χ1) is 12.6. The highest BCUT2D eigenvalue weighted by Gasteiger charge is 2.07. The molecule has 26 heavy (non-hydrogen) atoms. The topological polar surface area (TPSA) is 84.0 Å². The van der Waals surface area contributed by atoms with Crippen molar-refractivity contribution < 1.29 is 14.3 Å². The van der Waals surface area contributed by atoms with Gasteiger partial charge in [-0.15, -0.1) is 0 Å². The Morgan fingerprint density at radius 1 is 1.08 bits per heavy atom. The van der Waals surface area contributed by atoms with Gasteiger partial charge in [0.2, 0.25) is 0 Å². The van der Waals surface area contributed by atoms with Gasteiger partial charge in [-0.2, -0.15) is 0 Å². The van der Waals surface area contributed by atoms with Crippen LogP contribution in [-0.4, -0.2) is 40.2 Å². The number of methoxy groups -OCH3 is 2. The van der Waals surface area contributed by atoms with E-state index >= 15 is 0 Å². The van der Waals surface area contributed by atoms with E-state index in [0.717, 1.165) is 11.3 Å². The van der Waals surface area contributed by atoms with Crippen molar-refractivity contribution in [1.29, 1.82) is 0 Å². The second kappa shape index (κ2) is 9.31. The molecular weight excluding hydrogens is 332 g/mol. The average molecular weight is 356 g/mol. The first kappa shape index (κ1) is 19.1. The number of nitrogens with zero attached hydrogens (tertiary/aromatic N) is 1.